The molecule has 1 atom stereocenters. The summed E-state index contributed by atoms with van der Waals surface area (Å²) in [7, 11) is 0. The van der Waals surface area contributed by atoms with Crippen LogP contribution in [0.3, 0.4) is 0 Å². The average Bonchev–Trinajstić information content (AvgIpc) is 3.00. The second-order valence-electron chi connectivity index (χ2n) is 6.18. The van der Waals surface area contributed by atoms with Crippen LogP contribution in [0.1, 0.15) is 19.7 Å². The number of rotatable bonds is 9. The Morgan fingerprint density at radius 1 is 1.36 bits per heavy atom. The molecule has 0 unspecified atom stereocenters. The van der Waals surface area contributed by atoms with E-state index in [2.05, 4.69) is 22.1 Å². The summed E-state index contributed by atoms with van der Waals surface area (Å²) in [6.45, 7) is 7.94. The molecular weight excluding hydrogens is 385 g/mol. The molecule has 0 fully saturated rings. The van der Waals surface area contributed by atoms with Crippen molar-refractivity contribution in [3.8, 4) is 5.75 Å². The van der Waals surface area contributed by atoms with Gasteiger partial charge in [-0.05, 0) is 30.2 Å². The molecule has 2 aromatic rings. The van der Waals surface area contributed by atoms with E-state index < -0.39 is 17.2 Å². The molecule has 0 spiro atoms. The number of nitrogens with two attached hydrogens (primary N) is 1. The average molecular weight is 407 g/mol. The third-order valence-electron chi connectivity index (χ3n) is 3.63. The Bertz CT molecular complexity index is 838. The van der Waals surface area contributed by atoms with Gasteiger partial charge in [0.15, 0.2) is 11.0 Å². The Morgan fingerprint density at radius 2 is 2.04 bits per heavy atom. The fraction of sp³-hybridized carbons (Fsp3) is 0.333. The number of hydrogen-bond donors (Lipinski definition) is 2. The first kappa shape index (κ1) is 21.4. The second-order valence-corrected chi connectivity index (χ2v) is 7.29. The third-order valence-corrected chi connectivity index (χ3v) is 5.15. The number of ether oxygens (including phenoxy) is 1. The Labute approximate surface area is 166 Å². The molecule has 3 amide bonds. The van der Waals surface area contributed by atoms with Crippen molar-refractivity contribution in [2.24, 2.45) is 11.7 Å². The number of nitrogens with zero attached hydrogens (tertiary/aromatic N) is 3. The standard InChI is InChI=1S/C18H22FN5O3S/c1-4-9-24-14(10-27-13-7-5-12(19)6-8-13)22-23-18(24)28-15(11(2)3)16(25)21-17(20)26/h4-8,11,15H,1,9-10H2,2-3H3,(H3,20,21,25,26)/t15-/m1/s1. The molecule has 8 nitrogen and oxygen atoms in total. The number of benzene rings is 1. The number of imide groups is 1. The SMILES string of the molecule is C=CCn1c(COc2ccc(F)cc2)nnc1S[C@@H](C(=O)NC(N)=O)C(C)C. The molecule has 1 aromatic heterocycles. The quantitative estimate of drug-likeness (QED) is 0.488. The van der Waals surface area contributed by atoms with Crippen LogP contribution in [-0.2, 0) is 17.9 Å². The van der Waals surface area contributed by atoms with Gasteiger partial charge in [0.2, 0.25) is 5.91 Å². The number of nitrogens with one attached hydrogen (secondary N) is 1. The van der Waals surface area contributed by atoms with Crippen LogP contribution in [0.25, 0.3) is 0 Å². The molecule has 10 heteroatoms. The van der Waals surface area contributed by atoms with E-state index >= 15 is 0 Å². The van der Waals surface area contributed by atoms with Gasteiger partial charge in [0, 0.05) is 6.54 Å². The minimum absolute atomic E-state index is 0.0860. The molecule has 0 saturated carbocycles. The zero-order valence-electron chi connectivity index (χ0n) is 15.6. The molecule has 150 valence electrons. The number of hydrogen-bond acceptors (Lipinski definition) is 6. The lowest BCUT2D eigenvalue weighted by atomic mass is 10.1. The van der Waals surface area contributed by atoms with E-state index in [-0.39, 0.29) is 18.3 Å². The molecule has 0 radical (unpaired) electrons. The molecule has 0 aliphatic heterocycles. The number of aromatic nitrogens is 3. The maximum Gasteiger partial charge on any atom is 0.318 e. The van der Waals surface area contributed by atoms with E-state index in [9.17, 15) is 14.0 Å². The van der Waals surface area contributed by atoms with Crippen molar-refractivity contribution in [3.63, 3.8) is 0 Å². The van der Waals surface area contributed by atoms with Gasteiger partial charge in [-0.15, -0.1) is 16.8 Å². The van der Waals surface area contributed by atoms with Gasteiger partial charge in [-0.2, -0.15) is 0 Å². The van der Waals surface area contributed by atoms with Crippen LogP contribution in [0.15, 0.2) is 42.1 Å². The van der Waals surface area contributed by atoms with Crippen LogP contribution in [0.2, 0.25) is 0 Å². The number of carbonyl (C=O) groups excluding carboxylic acids is 2. The number of thioether (sulfide) groups is 1. The van der Waals surface area contributed by atoms with Crippen LogP contribution >= 0.6 is 11.8 Å². The summed E-state index contributed by atoms with van der Waals surface area (Å²) in [5, 5.41) is 10.2. The van der Waals surface area contributed by atoms with Crippen LogP contribution in [0.4, 0.5) is 9.18 Å². The van der Waals surface area contributed by atoms with Crippen molar-refractivity contribution >= 4 is 23.7 Å². The first-order valence-corrected chi connectivity index (χ1v) is 9.38. The number of urea groups is 1. The van der Waals surface area contributed by atoms with Gasteiger partial charge in [0.1, 0.15) is 18.2 Å². The molecule has 0 aliphatic carbocycles. The van der Waals surface area contributed by atoms with Crippen molar-refractivity contribution in [1.82, 2.24) is 20.1 Å². The highest BCUT2D eigenvalue weighted by molar-refractivity contribution is 8.00. The van der Waals surface area contributed by atoms with E-state index in [1.165, 1.54) is 36.0 Å². The highest BCUT2D eigenvalue weighted by Gasteiger charge is 2.27. The summed E-state index contributed by atoms with van der Waals surface area (Å²) >= 11 is 1.17. The monoisotopic (exact) mass is 407 g/mol. The minimum Gasteiger partial charge on any atom is -0.486 e. The summed E-state index contributed by atoms with van der Waals surface area (Å²) < 4.78 is 20.4. The first-order valence-electron chi connectivity index (χ1n) is 8.50. The highest BCUT2D eigenvalue weighted by atomic mass is 32.2. The van der Waals surface area contributed by atoms with Gasteiger partial charge in [0.05, 0.1) is 5.25 Å². The van der Waals surface area contributed by atoms with Crippen molar-refractivity contribution in [3.05, 3.63) is 48.6 Å². The minimum atomic E-state index is -0.905. The number of amides is 3. The van der Waals surface area contributed by atoms with E-state index in [1.807, 2.05) is 13.8 Å². The van der Waals surface area contributed by atoms with Crippen LogP contribution in [0.5, 0.6) is 5.75 Å². The Morgan fingerprint density at radius 3 is 2.61 bits per heavy atom. The third kappa shape index (κ3) is 5.81. The summed E-state index contributed by atoms with van der Waals surface area (Å²) in [5.74, 6) is 0.0749. The number of primary amides is 1. The van der Waals surface area contributed by atoms with Crippen LogP contribution in [0, 0.1) is 11.7 Å². The summed E-state index contributed by atoms with van der Waals surface area (Å²) in [6, 6.07) is 4.73. The lowest BCUT2D eigenvalue weighted by Crippen LogP contribution is -2.42. The van der Waals surface area contributed by atoms with E-state index in [1.54, 1.807) is 10.6 Å². The molecule has 2 rings (SSSR count). The largest absolute Gasteiger partial charge is 0.486 e. The van der Waals surface area contributed by atoms with E-state index in [0.29, 0.717) is 23.3 Å². The molecule has 1 aromatic carbocycles. The zero-order chi connectivity index (χ0) is 20.7. The van der Waals surface area contributed by atoms with Gasteiger partial charge >= 0.3 is 6.03 Å². The predicted molar refractivity (Wildman–Crippen MR) is 103 cm³/mol. The molecular formula is C18H22FN5O3S. The second kappa shape index (κ2) is 9.88. The van der Waals surface area contributed by atoms with Crippen LogP contribution < -0.4 is 15.8 Å². The molecule has 1 heterocycles. The smallest absolute Gasteiger partial charge is 0.318 e. The lowest BCUT2D eigenvalue weighted by molar-refractivity contribution is -0.120. The highest BCUT2D eigenvalue weighted by Crippen LogP contribution is 2.28. The number of halogens is 1. The fourth-order valence-corrected chi connectivity index (χ4v) is 3.36. The lowest BCUT2D eigenvalue weighted by Gasteiger charge is -2.18. The maximum absolute atomic E-state index is 13.0. The van der Waals surface area contributed by atoms with Crippen molar-refractivity contribution in [1.29, 1.82) is 0 Å². The Kier molecular flexibility index (Phi) is 7.56. The summed E-state index contributed by atoms with van der Waals surface area (Å²) in [6.07, 6.45) is 1.67. The van der Waals surface area contributed by atoms with E-state index in [0.717, 1.165) is 0 Å². The van der Waals surface area contributed by atoms with Gasteiger partial charge in [-0.3, -0.25) is 14.7 Å². The predicted octanol–water partition coefficient (Wildman–Crippen LogP) is 2.49. The molecule has 0 saturated heterocycles. The summed E-state index contributed by atoms with van der Waals surface area (Å²) in [4.78, 5) is 23.2. The van der Waals surface area contributed by atoms with Crippen molar-refractivity contribution < 1.29 is 18.7 Å². The molecule has 28 heavy (non-hydrogen) atoms. The molecule has 0 aliphatic rings. The fourth-order valence-electron chi connectivity index (χ4n) is 2.30. The summed E-state index contributed by atoms with van der Waals surface area (Å²) in [5.41, 5.74) is 5.04. The number of allylic oxidation sites excluding steroid dienone is 1. The van der Waals surface area contributed by atoms with Gasteiger partial charge in [-0.1, -0.05) is 31.7 Å². The van der Waals surface area contributed by atoms with Crippen molar-refractivity contribution in [2.45, 2.75) is 37.4 Å². The Balaban J connectivity index is 2.17. The topological polar surface area (TPSA) is 112 Å². The van der Waals surface area contributed by atoms with Gasteiger partial charge in [-0.25, -0.2) is 9.18 Å². The first-order chi connectivity index (χ1) is 13.3. The normalized spacial score (nSPS) is 11.9. The molecule has 3 N–H and O–H groups in total. The zero-order valence-corrected chi connectivity index (χ0v) is 16.4. The maximum atomic E-state index is 13.0. The molecule has 0 bridgehead atoms. The van der Waals surface area contributed by atoms with Gasteiger partial charge < -0.3 is 10.5 Å². The van der Waals surface area contributed by atoms with Crippen LogP contribution in [-0.4, -0.2) is 32.0 Å². The van der Waals surface area contributed by atoms with E-state index in [4.69, 9.17) is 10.5 Å². The van der Waals surface area contributed by atoms with Crippen molar-refractivity contribution in [2.75, 3.05) is 0 Å². The van der Waals surface area contributed by atoms with Gasteiger partial charge in [0.25, 0.3) is 0 Å². The Hall–Kier alpha value is -2.88. The number of carbonyl (C=O) groups is 2.